The first-order valence-corrected chi connectivity index (χ1v) is 5.52. The van der Waals surface area contributed by atoms with Crippen LogP contribution in [-0.2, 0) is 9.53 Å². The van der Waals surface area contributed by atoms with Crippen LogP contribution in [0.3, 0.4) is 0 Å². The van der Waals surface area contributed by atoms with Gasteiger partial charge in [0.2, 0.25) is 5.91 Å². The Labute approximate surface area is 86.0 Å². The number of hydrogen-bond donors (Lipinski definition) is 1. The van der Waals surface area contributed by atoms with E-state index in [9.17, 15) is 4.79 Å². The molecule has 0 aliphatic heterocycles. The van der Waals surface area contributed by atoms with Crippen molar-refractivity contribution in [3.05, 3.63) is 0 Å². The van der Waals surface area contributed by atoms with Crippen molar-refractivity contribution < 1.29 is 9.53 Å². The first kappa shape index (κ1) is 11.5. The molecule has 0 aromatic heterocycles. The molecule has 1 saturated carbocycles. The summed E-state index contributed by atoms with van der Waals surface area (Å²) in [5.41, 5.74) is 4.75. The topological polar surface area (TPSA) is 52.3 Å². The highest BCUT2D eigenvalue weighted by Crippen LogP contribution is 2.36. The van der Waals surface area contributed by atoms with Gasteiger partial charge in [-0.2, -0.15) is 0 Å². The Hall–Kier alpha value is -0.570. The zero-order valence-corrected chi connectivity index (χ0v) is 9.21. The highest BCUT2D eigenvalue weighted by Gasteiger charge is 2.43. The third-order valence-electron chi connectivity index (χ3n) is 3.57. The minimum absolute atomic E-state index is 0.297. The van der Waals surface area contributed by atoms with Gasteiger partial charge in [-0.3, -0.25) is 4.79 Å². The van der Waals surface area contributed by atoms with Crippen LogP contribution in [0.25, 0.3) is 0 Å². The van der Waals surface area contributed by atoms with Crippen molar-refractivity contribution >= 4 is 5.91 Å². The van der Waals surface area contributed by atoms with E-state index in [4.69, 9.17) is 10.5 Å². The minimum Gasteiger partial charge on any atom is -0.368 e. The second kappa shape index (κ2) is 4.78. The molecule has 82 valence electrons. The van der Waals surface area contributed by atoms with Crippen molar-refractivity contribution in [2.75, 3.05) is 7.11 Å². The molecule has 14 heavy (non-hydrogen) atoms. The van der Waals surface area contributed by atoms with Crippen LogP contribution >= 0.6 is 0 Å². The molecule has 2 N–H and O–H groups in total. The highest BCUT2D eigenvalue weighted by molar-refractivity contribution is 5.83. The first-order valence-electron chi connectivity index (χ1n) is 5.52. The molecule has 0 saturated heterocycles. The number of methoxy groups -OCH3 is 1. The van der Waals surface area contributed by atoms with Gasteiger partial charge in [-0.05, 0) is 25.2 Å². The van der Waals surface area contributed by atoms with Gasteiger partial charge in [0.1, 0.15) is 5.60 Å². The summed E-state index contributed by atoms with van der Waals surface area (Å²) in [4.78, 5) is 11.5. The summed E-state index contributed by atoms with van der Waals surface area (Å²) in [6.07, 6.45) is 6.50. The summed E-state index contributed by atoms with van der Waals surface area (Å²) in [5, 5.41) is 0. The Balaban J connectivity index is 2.78. The van der Waals surface area contributed by atoms with Crippen LogP contribution in [0.1, 0.15) is 45.4 Å². The SMILES string of the molecule is CCC(OC)(C(N)=O)C1CCCCC1. The number of hydrogen-bond acceptors (Lipinski definition) is 2. The average Bonchev–Trinajstić information content (AvgIpc) is 2.22. The Morgan fingerprint density at radius 1 is 1.43 bits per heavy atom. The Morgan fingerprint density at radius 3 is 2.36 bits per heavy atom. The van der Waals surface area contributed by atoms with Crippen molar-refractivity contribution in [3.63, 3.8) is 0 Å². The smallest absolute Gasteiger partial charge is 0.249 e. The molecule has 1 unspecified atom stereocenters. The Bertz CT molecular complexity index is 193. The molecule has 1 atom stereocenters. The van der Waals surface area contributed by atoms with Gasteiger partial charge in [0.15, 0.2) is 0 Å². The maximum absolute atomic E-state index is 11.5. The van der Waals surface area contributed by atoms with Gasteiger partial charge in [0.25, 0.3) is 0 Å². The van der Waals surface area contributed by atoms with E-state index < -0.39 is 5.60 Å². The summed E-state index contributed by atoms with van der Waals surface area (Å²) in [7, 11) is 1.60. The normalized spacial score (nSPS) is 23.0. The summed E-state index contributed by atoms with van der Waals surface area (Å²) < 4.78 is 5.41. The molecular formula is C11H21NO2. The lowest BCUT2D eigenvalue weighted by atomic mass is 9.75. The van der Waals surface area contributed by atoms with E-state index in [1.165, 1.54) is 19.3 Å². The number of amides is 1. The molecule has 0 heterocycles. The number of ether oxygens (including phenoxy) is 1. The molecule has 0 radical (unpaired) electrons. The quantitative estimate of drug-likeness (QED) is 0.751. The van der Waals surface area contributed by atoms with Crippen molar-refractivity contribution in [2.24, 2.45) is 11.7 Å². The lowest BCUT2D eigenvalue weighted by Crippen LogP contribution is -2.51. The third kappa shape index (κ3) is 1.92. The molecule has 3 heteroatoms. The fourth-order valence-electron chi connectivity index (χ4n) is 2.64. The molecular weight excluding hydrogens is 178 g/mol. The summed E-state index contributed by atoms with van der Waals surface area (Å²) >= 11 is 0. The summed E-state index contributed by atoms with van der Waals surface area (Å²) in [6.45, 7) is 1.98. The van der Waals surface area contributed by atoms with Crippen LogP contribution < -0.4 is 5.73 Å². The lowest BCUT2D eigenvalue weighted by Gasteiger charge is -2.38. The Kier molecular flexibility index (Phi) is 3.93. The van der Waals surface area contributed by atoms with Crippen LogP contribution in [0.2, 0.25) is 0 Å². The maximum atomic E-state index is 11.5. The fourth-order valence-corrected chi connectivity index (χ4v) is 2.64. The van der Waals surface area contributed by atoms with E-state index in [1.54, 1.807) is 7.11 Å². The predicted octanol–water partition coefficient (Wildman–Crippen LogP) is 1.85. The molecule has 1 fully saturated rings. The number of nitrogens with two attached hydrogens (primary N) is 1. The molecule has 0 bridgehead atoms. The largest absolute Gasteiger partial charge is 0.368 e. The molecule has 3 nitrogen and oxygen atoms in total. The van der Waals surface area contributed by atoms with Crippen molar-refractivity contribution in [1.29, 1.82) is 0 Å². The van der Waals surface area contributed by atoms with Crippen molar-refractivity contribution in [2.45, 2.75) is 51.0 Å². The molecule has 0 aromatic carbocycles. The standard InChI is InChI=1S/C11H21NO2/c1-3-11(14-2,10(12)13)9-7-5-4-6-8-9/h9H,3-8H2,1-2H3,(H2,12,13). The molecule has 1 amide bonds. The van der Waals surface area contributed by atoms with Gasteiger partial charge in [0, 0.05) is 7.11 Å². The number of rotatable bonds is 4. The molecule has 0 spiro atoms. The first-order chi connectivity index (χ1) is 6.67. The van der Waals surface area contributed by atoms with E-state index in [1.807, 2.05) is 6.92 Å². The van der Waals surface area contributed by atoms with Crippen LogP contribution in [0.5, 0.6) is 0 Å². The zero-order valence-electron chi connectivity index (χ0n) is 9.21. The van der Waals surface area contributed by atoms with Gasteiger partial charge in [-0.25, -0.2) is 0 Å². The Morgan fingerprint density at radius 2 is 2.00 bits per heavy atom. The minimum atomic E-state index is -0.708. The maximum Gasteiger partial charge on any atom is 0.249 e. The van der Waals surface area contributed by atoms with Crippen molar-refractivity contribution in [1.82, 2.24) is 0 Å². The zero-order chi connectivity index (χ0) is 10.6. The lowest BCUT2D eigenvalue weighted by molar-refractivity contribution is -0.150. The second-order valence-corrected chi connectivity index (χ2v) is 4.15. The fraction of sp³-hybridized carbons (Fsp3) is 0.909. The molecule has 1 aliphatic rings. The third-order valence-corrected chi connectivity index (χ3v) is 3.57. The summed E-state index contributed by atoms with van der Waals surface area (Å²) in [5.74, 6) is 0.0261. The van der Waals surface area contributed by atoms with Crippen molar-refractivity contribution in [3.8, 4) is 0 Å². The van der Waals surface area contributed by atoms with E-state index in [-0.39, 0.29) is 5.91 Å². The average molecular weight is 199 g/mol. The van der Waals surface area contributed by atoms with Gasteiger partial charge in [0.05, 0.1) is 0 Å². The van der Waals surface area contributed by atoms with Gasteiger partial charge in [-0.15, -0.1) is 0 Å². The molecule has 0 aromatic rings. The summed E-state index contributed by atoms with van der Waals surface area (Å²) in [6, 6.07) is 0. The van der Waals surface area contributed by atoms with Crippen LogP contribution in [0, 0.1) is 5.92 Å². The van der Waals surface area contributed by atoms with E-state index in [0.29, 0.717) is 12.3 Å². The number of carbonyl (C=O) groups excluding carboxylic acids is 1. The number of carbonyl (C=O) groups is 1. The van der Waals surface area contributed by atoms with E-state index in [0.717, 1.165) is 12.8 Å². The van der Waals surface area contributed by atoms with Crippen LogP contribution in [0.4, 0.5) is 0 Å². The van der Waals surface area contributed by atoms with Gasteiger partial charge < -0.3 is 10.5 Å². The highest BCUT2D eigenvalue weighted by atomic mass is 16.5. The van der Waals surface area contributed by atoms with Gasteiger partial charge >= 0.3 is 0 Å². The molecule has 1 aliphatic carbocycles. The molecule has 1 rings (SSSR count). The van der Waals surface area contributed by atoms with E-state index >= 15 is 0 Å². The second-order valence-electron chi connectivity index (χ2n) is 4.15. The van der Waals surface area contributed by atoms with Gasteiger partial charge in [-0.1, -0.05) is 26.2 Å². The van der Waals surface area contributed by atoms with Crippen LogP contribution in [0.15, 0.2) is 0 Å². The monoisotopic (exact) mass is 199 g/mol. The number of primary amides is 1. The predicted molar refractivity (Wildman–Crippen MR) is 55.8 cm³/mol. The van der Waals surface area contributed by atoms with E-state index in [2.05, 4.69) is 0 Å². The van der Waals surface area contributed by atoms with Crippen LogP contribution in [-0.4, -0.2) is 18.6 Å².